The van der Waals surface area contributed by atoms with Gasteiger partial charge in [0.25, 0.3) is 0 Å². The van der Waals surface area contributed by atoms with E-state index in [-0.39, 0.29) is 5.91 Å². The van der Waals surface area contributed by atoms with Crippen LogP contribution < -0.4 is 11.1 Å². The van der Waals surface area contributed by atoms with Gasteiger partial charge in [-0.1, -0.05) is 18.8 Å². The molecule has 0 unspecified atom stereocenters. The number of hydrogen-bond donors (Lipinski definition) is 2. The molecule has 19 heavy (non-hydrogen) atoms. The Labute approximate surface area is 119 Å². The van der Waals surface area contributed by atoms with E-state index in [1.807, 2.05) is 31.0 Å². The molecule has 0 aliphatic rings. The Morgan fingerprint density at radius 2 is 2.32 bits per heavy atom. The summed E-state index contributed by atoms with van der Waals surface area (Å²) in [5.74, 6) is 5.92. The molecule has 4 nitrogen and oxygen atoms in total. The van der Waals surface area contributed by atoms with Gasteiger partial charge in [-0.05, 0) is 25.6 Å². The number of carbonyl (C=O) groups is 1. The van der Waals surface area contributed by atoms with Gasteiger partial charge < -0.3 is 11.1 Å². The fourth-order valence-corrected chi connectivity index (χ4v) is 2.52. The van der Waals surface area contributed by atoms with Gasteiger partial charge in [0.05, 0.1) is 18.0 Å². The van der Waals surface area contributed by atoms with Gasteiger partial charge in [-0.25, -0.2) is 0 Å². The fourth-order valence-electron chi connectivity index (χ4n) is 1.56. The minimum Gasteiger partial charge on any atom is -0.355 e. The average Bonchev–Trinajstić information content (AvgIpc) is 2.81. The third-order valence-electron chi connectivity index (χ3n) is 2.39. The van der Waals surface area contributed by atoms with Crippen LogP contribution >= 0.6 is 11.3 Å². The highest BCUT2D eigenvalue weighted by Crippen LogP contribution is 2.16. The Bertz CT molecular complexity index is 459. The number of nitrogens with zero attached hydrogens (tertiary/aromatic N) is 1. The monoisotopic (exact) mass is 279 g/mol. The first-order chi connectivity index (χ1) is 9.15. The van der Waals surface area contributed by atoms with E-state index < -0.39 is 0 Å². The third-order valence-corrected chi connectivity index (χ3v) is 3.37. The van der Waals surface area contributed by atoms with Crippen molar-refractivity contribution in [3.63, 3.8) is 0 Å². The van der Waals surface area contributed by atoms with Crippen LogP contribution in [0.25, 0.3) is 0 Å². The normalized spacial score (nSPS) is 10.1. The minimum atomic E-state index is 0.0732. The molecule has 1 amide bonds. The third kappa shape index (κ3) is 6.39. The maximum absolute atomic E-state index is 11.6. The summed E-state index contributed by atoms with van der Waals surface area (Å²) in [6, 6.07) is 4.04. The molecule has 0 bridgehead atoms. The molecular formula is C14H21N3OS. The van der Waals surface area contributed by atoms with Gasteiger partial charge in [0.2, 0.25) is 5.91 Å². The molecule has 0 atom stereocenters. The van der Waals surface area contributed by atoms with Crippen LogP contribution in [0.3, 0.4) is 0 Å². The van der Waals surface area contributed by atoms with Crippen LogP contribution in [-0.2, 0) is 11.3 Å². The number of nitrogens with two attached hydrogens (primary N) is 1. The van der Waals surface area contributed by atoms with Crippen LogP contribution in [0, 0.1) is 11.8 Å². The summed E-state index contributed by atoms with van der Waals surface area (Å²) >= 11 is 1.64. The van der Waals surface area contributed by atoms with Crippen LogP contribution in [-0.4, -0.2) is 37.5 Å². The summed E-state index contributed by atoms with van der Waals surface area (Å²) in [6.07, 6.45) is 0.962. The van der Waals surface area contributed by atoms with Crippen molar-refractivity contribution in [2.24, 2.45) is 5.73 Å². The number of hydrogen-bond acceptors (Lipinski definition) is 4. The largest absolute Gasteiger partial charge is 0.355 e. The molecule has 1 aromatic rings. The number of rotatable bonds is 6. The van der Waals surface area contributed by atoms with E-state index in [0.29, 0.717) is 13.1 Å². The summed E-state index contributed by atoms with van der Waals surface area (Å²) in [7, 11) is 1.94. The van der Waals surface area contributed by atoms with Gasteiger partial charge in [0.1, 0.15) is 0 Å². The van der Waals surface area contributed by atoms with Crippen molar-refractivity contribution in [1.82, 2.24) is 10.2 Å². The quantitative estimate of drug-likeness (QED) is 0.764. The lowest BCUT2D eigenvalue weighted by atomic mass is 10.4. The van der Waals surface area contributed by atoms with Crippen molar-refractivity contribution in [3.05, 3.63) is 21.9 Å². The zero-order valence-corrected chi connectivity index (χ0v) is 12.3. The molecule has 0 spiro atoms. The lowest BCUT2D eigenvalue weighted by Crippen LogP contribution is -2.35. The Morgan fingerprint density at radius 1 is 1.53 bits per heavy atom. The molecular weight excluding hydrogens is 258 g/mol. The van der Waals surface area contributed by atoms with E-state index in [1.165, 1.54) is 4.88 Å². The summed E-state index contributed by atoms with van der Waals surface area (Å²) in [5, 5.41) is 2.87. The van der Waals surface area contributed by atoms with Crippen LogP contribution in [0.5, 0.6) is 0 Å². The van der Waals surface area contributed by atoms with E-state index in [4.69, 9.17) is 5.73 Å². The predicted molar refractivity (Wildman–Crippen MR) is 79.9 cm³/mol. The predicted octanol–water partition coefficient (Wildman–Crippen LogP) is 1.02. The molecule has 5 heteroatoms. The van der Waals surface area contributed by atoms with Crippen molar-refractivity contribution in [3.8, 4) is 11.8 Å². The van der Waals surface area contributed by atoms with E-state index in [2.05, 4.69) is 17.2 Å². The summed E-state index contributed by atoms with van der Waals surface area (Å²) < 4.78 is 0. The maximum Gasteiger partial charge on any atom is 0.234 e. The SMILES string of the molecule is CCCNC(=O)CN(C)Cc1ccc(C#CCN)s1. The zero-order valence-electron chi connectivity index (χ0n) is 11.5. The number of amides is 1. The second-order valence-electron chi connectivity index (χ2n) is 4.29. The number of nitrogens with one attached hydrogen (secondary N) is 1. The Morgan fingerprint density at radius 3 is 3.00 bits per heavy atom. The molecule has 0 aliphatic heterocycles. The van der Waals surface area contributed by atoms with E-state index >= 15 is 0 Å². The van der Waals surface area contributed by atoms with Crippen LogP contribution in [0.4, 0.5) is 0 Å². The molecule has 0 saturated heterocycles. The van der Waals surface area contributed by atoms with Gasteiger partial charge in [-0.2, -0.15) is 0 Å². The van der Waals surface area contributed by atoms with Gasteiger partial charge in [0, 0.05) is 18.0 Å². The van der Waals surface area contributed by atoms with Crippen molar-refractivity contribution < 1.29 is 4.79 Å². The highest BCUT2D eigenvalue weighted by molar-refractivity contribution is 7.12. The smallest absolute Gasteiger partial charge is 0.234 e. The lowest BCUT2D eigenvalue weighted by molar-refractivity contribution is -0.122. The zero-order chi connectivity index (χ0) is 14.1. The Balaban J connectivity index is 2.41. The number of thiophene rings is 1. The molecule has 0 fully saturated rings. The van der Waals surface area contributed by atoms with Crippen LogP contribution in [0.1, 0.15) is 23.1 Å². The molecule has 0 saturated carbocycles. The van der Waals surface area contributed by atoms with Gasteiger partial charge >= 0.3 is 0 Å². The molecule has 3 N–H and O–H groups in total. The molecule has 0 aromatic carbocycles. The van der Waals surface area contributed by atoms with Crippen LogP contribution in [0.15, 0.2) is 12.1 Å². The molecule has 1 rings (SSSR count). The number of carbonyl (C=O) groups excluding carboxylic acids is 1. The highest BCUT2D eigenvalue weighted by atomic mass is 32.1. The summed E-state index contributed by atoms with van der Waals surface area (Å²) in [5.41, 5.74) is 5.34. The van der Waals surface area contributed by atoms with E-state index in [1.54, 1.807) is 11.3 Å². The second-order valence-corrected chi connectivity index (χ2v) is 5.46. The van der Waals surface area contributed by atoms with Crippen molar-refractivity contribution >= 4 is 17.2 Å². The molecule has 0 aliphatic carbocycles. The van der Waals surface area contributed by atoms with Gasteiger partial charge in [-0.3, -0.25) is 9.69 Å². The molecule has 1 heterocycles. The first-order valence-electron chi connectivity index (χ1n) is 6.38. The standard InChI is InChI=1S/C14H21N3OS/c1-3-9-16-14(18)11-17(2)10-13-7-6-12(19-13)5-4-8-15/h6-7H,3,8-11,15H2,1-2H3,(H,16,18). The van der Waals surface area contributed by atoms with Gasteiger partial charge in [-0.15, -0.1) is 11.3 Å². The van der Waals surface area contributed by atoms with E-state index in [0.717, 1.165) is 24.4 Å². The fraction of sp³-hybridized carbons (Fsp3) is 0.500. The first kappa shape index (κ1) is 15.7. The average molecular weight is 279 g/mol. The second kappa shape index (κ2) is 8.70. The van der Waals surface area contributed by atoms with Crippen molar-refractivity contribution in [2.75, 3.05) is 26.7 Å². The van der Waals surface area contributed by atoms with E-state index in [9.17, 15) is 4.79 Å². The molecule has 0 radical (unpaired) electrons. The van der Waals surface area contributed by atoms with Gasteiger partial charge in [0.15, 0.2) is 0 Å². The minimum absolute atomic E-state index is 0.0732. The topological polar surface area (TPSA) is 58.4 Å². The Hall–Kier alpha value is -1.35. The van der Waals surface area contributed by atoms with Crippen molar-refractivity contribution in [1.29, 1.82) is 0 Å². The summed E-state index contributed by atoms with van der Waals surface area (Å²) in [4.78, 5) is 15.8. The maximum atomic E-state index is 11.6. The lowest BCUT2D eigenvalue weighted by Gasteiger charge is -2.14. The van der Waals surface area contributed by atoms with Crippen molar-refractivity contribution in [2.45, 2.75) is 19.9 Å². The van der Waals surface area contributed by atoms with Crippen LogP contribution in [0.2, 0.25) is 0 Å². The highest BCUT2D eigenvalue weighted by Gasteiger charge is 2.07. The molecule has 1 aromatic heterocycles. The molecule has 104 valence electrons. The first-order valence-corrected chi connectivity index (χ1v) is 7.20. The number of likely N-dealkylation sites (N-methyl/N-ethyl adjacent to an activating group) is 1. The Kier molecular flexibility index (Phi) is 7.19. The summed E-state index contributed by atoms with van der Waals surface area (Å²) in [6.45, 7) is 4.34.